The summed E-state index contributed by atoms with van der Waals surface area (Å²) < 4.78 is 24.1. The maximum Gasteiger partial charge on any atom is 0.269 e. The molecule has 8 rings (SSSR count). The van der Waals surface area contributed by atoms with E-state index in [1.165, 1.54) is 12.1 Å². The largest absolute Gasteiger partial charge is 0.507 e. The van der Waals surface area contributed by atoms with Crippen LogP contribution in [0.15, 0.2) is 18.2 Å². The third-order valence-corrected chi connectivity index (χ3v) is 7.15. The number of hydrogen-bond donors (Lipinski definition) is 2. The van der Waals surface area contributed by atoms with E-state index in [4.69, 9.17) is 30.5 Å². The minimum absolute atomic E-state index is 0.0100. The van der Waals surface area contributed by atoms with Gasteiger partial charge in [-0.2, -0.15) is 0 Å². The molecule has 29 heavy (non-hydrogen) atoms. The van der Waals surface area contributed by atoms with Crippen LogP contribution in [0.2, 0.25) is 5.02 Å². The molecule has 2 N–H and O–H groups in total. The molecule has 2 saturated heterocycles. The van der Waals surface area contributed by atoms with Gasteiger partial charge in [0.25, 0.3) is 5.79 Å². The molecule has 2 aromatic rings. The fourth-order valence-corrected chi connectivity index (χ4v) is 5.90. The van der Waals surface area contributed by atoms with Gasteiger partial charge in [-0.15, -0.1) is 0 Å². The van der Waals surface area contributed by atoms with Crippen LogP contribution in [-0.4, -0.2) is 46.2 Å². The highest BCUT2D eigenvalue weighted by Gasteiger charge is 2.81. The van der Waals surface area contributed by atoms with Crippen molar-refractivity contribution in [2.24, 2.45) is 0 Å². The molecule has 0 radical (unpaired) electrons. The molecule has 2 bridgehead atoms. The molecule has 0 unspecified atom stereocenters. The molecule has 2 aromatic carbocycles. The van der Waals surface area contributed by atoms with E-state index in [9.17, 15) is 19.8 Å². The van der Waals surface area contributed by atoms with Gasteiger partial charge in [0.15, 0.2) is 35.5 Å². The summed E-state index contributed by atoms with van der Waals surface area (Å²) in [6, 6.07) is 4.47. The van der Waals surface area contributed by atoms with Crippen molar-refractivity contribution in [1.29, 1.82) is 0 Å². The molecule has 4 heterocycles. The van der Waals surface area contributed by atoms with Crippen LogP contribution in [-0.2, 0) is 25.6 Å². The van der Waals surface area contributed by atoms with Crippen LogP contribution in [0.4, 0.5) is 0 Å². The zero-order valence-electron chi connectivity index (χ0n) is 14.3. The molecule has 2 fully saturated rings. The van der Waals surface area contributed by atoms with Crippen LogP contribution >= 0.6 is 11.6 Å². The van der Waals surface area contributed by atoms with Crippen molar-refractivity contribution in [3.63, 3.8) is 0 Å². The van der Waals surface area contributed by atoms with Crippen LogP contribution in [0.25, 0.3) is 0 Å². The van der Waals surface area contributed by atoms with E-state index in [1.807, 2.05) is 0 Å². The molecular formula is C20H9ClO8. The number of halogens is 1. The molecule has 4 aliphatic heterocycles. The molecular weight excluding hydrogens is 404 g/mol. The van der Waals surface area contributed by atoms with E-state index in [0.29, 0.717) is 22.4 Å². The quantitative estimate of drug-likeness (QED) is 0.625. The number of ether oxygens (including phenoxy) is 4. The van der Waals surface area contributed by atoms with Crippen LogP contribution in [0.5, 0.6) is 17.2 Å². The Morgan fingerprint density at radius 3 is 2.52 bits per heavy atom. The highest BCUT2D eigenvalue weighted by atomic mass is 35.5. The van der Waals surface area contributed by atoms with Crippen molar-refractivity contribution in [1.82, 2.24) is 0 Å². The molecule has 9 heteroatoms. The number of aromatic hydroxyl groups is 2. The Hall–Kier alpha value is -2.65. The van der Waals surface area contributed by atoms with Crippen molar-refractivity contribution in [3.05, 3.63) is 51.0 Å². The second kappa shape index (κ2) is 3.99. The SMILES string of the molecule is O=C1c2c(O)c(Cl)cc3c2[C@@]2(Oc4ccc(O)c5c4[C@]3(O2)[C@@H]2O[C@@H]2C5=O)[C@@H]2O[C@H]12. The zero-order chi connectivity index (χ0) is 19.6. The number of rotatable bonds is 0. The third-order valence-electron chi connectivity index (χ3n) is 6.86. The Labute approximate surface area is 166 Å². The van der Waals surface area contributed by atoms with Crippen molar-refractivity contribution in [2.45, 2.75) is 35.8 Å². The fourth-order valence-electron chi connectivity index (χ4n) is 5.69. The number of epoxide rings is 2. The number of hydrogen-bond acceptors (Lipinski definition) is 8. The molecule has 2 spiro atoms. The summed E-state index contributed by atoms with van der Waals surface area (Å²) >= 11 is 6.29. The van der Waals surface area contributed by atoms with Gasteiger partial charge in [0, 0.05) is 16.7 Å². The van der Waals surface area contributed by atoms with Crippen molar-refractivity contribution < 1.29 is 38.7 Å². The van der Waals surface area contributed by atoms with Crippen molar-refractivity contribution >= 4 is 23.2 Å². The van der Waals surface area contributed by atoms with E-state index in [1.54, 1.807) is 6.07 Å². The Balaban J connectivity index is 1.59. The first-order valence-electron chi connectivity index (χ1n) is 9.11. The van der Waals surface area contributed by atoms with E-state index < -0.39 is 35.8 Å². The highest BCUT2D eigenvalue weighted by molar-refractivity contribution is 6.33. The number of phenols is 2. The number of benzene rings is 2. The predicted octanol–water partition coefficient (Wildman–Crippen LogP) is 1.50. The van der Waals surface area contributed by atoms with Crippen molar-refractivity contribution in [2.75, 3.05) is 0 Å². The maximum absolute atomic E-state index is 12.9. The Morgan fingerprint density at radius 1 is 0.966 bits per heavy atom. The van der Waals surface area contributed by atoms with Gasteiger partial charge in [0.05, 0.1) is 16.1 Å². The zero-order valence-corrected chi connectivity index (χ0v) is 15.0. The minimum Gasteiger partial charge on any atom is -0.507 e. The molecule has 0 saturated carbocycles. The first kappa shape index (κ1) is 15.2. The van der Waals surface area contributed by atoms with Gasteiger partial charge in [-0.25, -0.2) is 0 Å². The monoisotopic (exact) mass is 412 g/mol. The molecule has 0 amide bonds. The minimum atomic E-state index is -1.47. The highest BCUT2D eigenvalue weighted by Crippen LogP contribution is 2.71. The molecule has 144 valence electrons. The Bertz CT molecular complexity index is 1290. The Kier molecular flexibility index (Phi) is 2.10. The smallest absolute Gasteiger partial charge is 0.269 e. The summed E-state index contributed by atoms with van der Waals surface area (Å²) in [5.41, 5.74) is -0.0162. The number of phenolic OH excluding ortho intramolecular Hbond substituents is 2. The normalized spacial score (nSPS) is 40.4. The standard InChI is InChI=1S/C20H9ClO8/c21-5-3-4-10-9(12(5)23)14(25)16-18(27-16)20(10)28-7-2-1-6(22)8-11(7)19(4,29-20)17-15(26-17)13(8)24/h1-3,15-18,22-23H/t15-,16-,17-,18-,19+,20+/m1/s1. The van der Waals surface area contributed by atoms with E-state index in [0.717, 1.165) is 0 Å². The summed E-state index contributed by atoms with van der Waals surface area (Å²) in [7, 11) is 0. The lowest BCUT2D eigenvalue weighted by Crippen LogP contribution is -2.53. The van der Waals surface area contributed by atoms with Crippen LogP contribution < -0.4 is 4.74 Å². The number of ketones is 2. The number of carbonyl (C=O) groups is 2. The molecule has 6 atom stereocenters. The van der Waals surface area contributed by atoms with Gasteiger partial charge in [-0.05, 0) is 18.2 Å². The second-order valence-corrected chi connectivity index (χ2v) is 8.53. The summed E-state index contributed by atoms with van der Waals surface area (Å²) in [4.78, 5) is 25.7. The first-order valence-corrected chi connectivity index (χ1v) is 9.49. The third kappa shape index (κ3) is 1.29. The van der Waals surface area contributed by atoms with E-state index >= 15 is 0 Å². The number of fused-ring (bicyclic) bond motifs is 2. The molecule has 0 aromatic heterocycles. The van der Waals surface area contributed by atoms with E-state index in [2.05, 4.69) is 0 Å². The van der Waals surface area contributed by atoms with Crippen LogP contribution in [0, 0.1) is 0 Å². The van der Waals surface area contributed by atoms with Gasteiger partial charge in [-0.1, -0.05) is 11.6 Å². The van der Waals surface area contributed by atoms with Gasteiger partial charge in [0.1, 0.15) is 23.4 Å². The molecule has 8 nitrogen and oxygen atoms in total. The van der Waals surface area contributed by atoms with Crippen molar-refractivity contribution in [3.8, 4) is 17.2 Å². The first-order chi connectivity index (χ1) is 13.9. The summed E-state index contributed by atoms with van der Waals surface area (Å²) in [5.74, 6) is -2.42. The van der Waals surface area contributed by atoms with Gasteiger partial charge in [-0.3, -0.25) is 9.59 Å². The summed E-state index contributed by atoms with van der Waals surface area (Å²) in [6.07, 6.45) is -2.95. The molecule has 2 aliphatic carbocycles. The number of carbonyl (C=O) groups excluding carboxylic acids is 2. The summed E-state index contributed by atoms with van der Waals surface area (Å²) in [6.45, 7) is 0. The lowest BCUT2D eigenvalue weighted by atomic mass is 9.72. The fraction of sp³-hybridized carbons (Fsp3) is 0.300. The summed E-state index contributed by atoms with van der Waals surface area (Å²) in [5, 5.41) is 21.0. The van der Waals surface area contributed by atoms with E-state index in [-0.39, 0.29) is 39.2 Å². The topological polar surface area (TPSA) is 118 Å². The van der Waals surface area contributed by atoms with Crippen LogP contribution in [0.1, 0.15) is 37.4 Å². The van der Waals surface area contributed by atoms with Gasteiger partial charge < -0.3 is 29.2 Å². The lowest BCUT2D eigenvalue weighted by Gasteiger charge is -2.43. The maximum atomic E-state index is 12.9. The Morgan fingerprint density at radius 2 is 1.69 bits per heavy atom. The second-order valence-electron chi connectivity index (χ2n) is 8.13. The lowest BCUT2D eigenvalue weighted by molar-refractivity contribution is -0.262. The average Bonchev–Trinajstić information content (AvgIpc) is 3.59. The molecule has 6 aliphatic rings. The predicted molar refractivity (Wildman–Crippen MR) is 91.4 cm³/mol. The number of Topliss-reactive ketones (excluding diaryl/α,β-unsaturated/α-hetero) is 2. The van der Waals surface area contributed by atoms with Crippen LogP contribution in [0.3, 0.4) is 0 Å². The van der Waals surface area contributed by atoms with Gasteiger partial charge in [0.2, 0.25) is 0 Å². The van der Waals surface area contributed by atoms with Gasteiger partial charge >= 0.3 is 0 Å². The average molecular weight is 413 g/mol.